The van der Waals surface area contributed by atoms with Crippen LogP contribution in [0.25, 0.3) is 16.3 Å². The number of nitrogens with zero attached hydrogens (tertiary/aromatic N) is 2. The minimum absolute atomic E-state index is 0.548. The van der Waals surface area contributed by atoms with Crippen LogP contribution in [-0.2, 0) is 0 Å². The Hall–Kier alpha value is -1.48. The quantitative estimate of drug-likeness (QED) is 0.632. The standard InChI is InChI=1S/C14H14N2S/c1-10(2)17-14-15-9-13-12-6-4-3-5-11(12)7-8-16(13)14/h3-10H,1-2H3. The molecule has 0 spiro atoms. The Bertz CT molecular complexity index is 670. The van der Waals surface area contributed by atoms with Crippen LogP contribution >= 0.6 is 11.8 Å². The summed E-state index contributed by atoms with van der Waals surface area (Å²) in [4.78, 5) is 4.51. The molecule has 3 rings (SSSR count). The molecule has 0 aliphatic heterocycles. The molecule has 0 unspecified atom stereocenters. The van der Waals surface area contributed by atoms with Gasteiger partial charge in [0.1, 0.15) is 0 Å². The summed E-state index contributed by atoms with van der Waals surface area (Å²) in [6.45, 7) is 4.37. The second-order valence-corrected chi connectivity index (χ2v) is 5.91. The number of hydrogen-bond donors (Lipinski definition) is 0. The maximum Gasteiger partial charge on any atom is 0.172 e. The smallest absolute Gasteiger partial charge is 0.172 e. The molecule has 17 heavy (non-hydrogen) atoms. The molecular formula is C14H14N2S. The largest absolute Gasteiger partial charge is 0.294 e. The van der Waals surface area contributed by atoms with Crippen molar-refractivity contribution in [2.24, 2.45) is 0 Å². The first-order valence-corrected chi connectivity index (χ1v) is 6.65. The minimum Gasteiger partial charge on any atom is -0.294 e. The fourth-order valence-corrected chi connectivity index (χ4v) is 2.82. The van der Waals surface area contributed by atoms with Crippen LogP contribution in [0.1, 0.15) is 13.8 Å². The van der Waals surface area contributed by atoms with Gasteiger partial charge in [0.2, 0.25) is 0 Å². The lowest BCUT2D eigenvalue weighted by Gasteiger charge is -2.05. The fourth-order valence-electron chi connectivity index (χ4n) is 2.02. The molecule has 0 radical (unpaired) electrons. The van der Waals surface area contributed by atoms with Gasteiger partial charge in [0.25, 0.3) is 0 Å². The summed E-state index contributed by atoms with van der Waals surface area (Å²) in [6.07, 6.45) is 4.07. The first kappa shape index (κ1) is 10.7. The Morgan fingerprint density at radius 2 is 2.00 bits per heavy atom. The van der Waals surface area contributed by atoms with E-state index in [1.165, 1.54) is 16.3 Å². The lowest BCUT2D eigenvalue weighted by atomic mass is 10.1. The van der Waals surface area contributed by atoms with Crippen molar-refractivity contribution < 1.29 is 0 Å². The molecule has 2 heterocycles. The summed E-state index contributed by atoms with van der Waals surface area (Å²) < 4.78 is 2.17. The van der Waals surface area contributed by atoms with Crippen molar-refractivity contribution in [2.75, 3.05) is 0 Å². The Kier molecular flexibility index (Phi) is 2.56. The summed E-state index contributed by atoms with van der Waals surface area (Å²) in [7, 11) is 0. The zero-order chi connectivity index (χ0) is 11.8. The molecule has 86 valence electrons. The molecule has 0 bridgehead atoms. The highest BCUT2D eigenvalue weighted by atomic mass is 32.2. The molecule has 2 nitrogen and oxygen atoms in total. The summed E-state index contributed by atoms with van der Waals surface area (Å²) in [5.74, 6) is 0. The van der Waals surface area contributed by atoms with E-state index in [9.17, 15) is 0 Å². The van der Waals surface area contributed by atoms with Gasteiger partial charge in [0.15, 0.2) is 5.16 Å². The molecule has 2 aromatic heterocycles. The predicted molar refractivity (Wildman–Crippen MR) is 73.7 cm³/mol. The molecule has 0 aliphatic carbocycles. The molecule has 3 aromatic rings. The van der Waals surface area contributed by atoms with Crippen LogP contribution in [0.5, 0.6) is 0 Å². The number of benzene rings is 1. The van der Waals surface area contributed by atoms with E-state index < -0.39 is 0 Å². The van der Waals surface area contributed by atoms with E-state index in [2.05, 4.69) is 59.8 Å². The molecule has 0 saturated carbocycles. The van der Waals surface area contributed by atoms with Crippen molar-refractivity contribution >= 4 is 28.1 Å². The monoisotopic (exact) mass is 242 g/mol. The van der Waals surface area contributed by atoms with Gasteiger partial charge < -0.3 is 0 Å². The zero-order valence-corrected chi connectivity index (χ0v) is 10.7. The number of pyridine rings is 1. The van der Waals surface area contributed by atoms with Gasteiger partial charge in [0, 0.05) is 16.8 Å². The van der Waals surface area contributed by atoms with Crippen molar-refractivity contribution in [2.45, 2.75) is 24.3 Å². The minimum atomic E-state index is 0.548. The number of rotatable bonds is 2. The van der Waals surface area contributed by atoms with E-state index in [4.69, 9.17) is 0 Å². The molecule has 3 heteroatoms. The Labute approximate surface area is 105 Å². The van der Waals surface area contributed by atoms with Crippen LogP contribution in [0, 0.1) is 0 Å². The van der Waals surface area contributed by atoms with E-state index in [-0.39, 0.29) is 0 Å². The van der Waals surface area contributed by atoms with E-state index in [1.54, 1.807) is 11.8 Å². The van der Waals surface area contributed by atoms with Gasteiger partial charge in [-0.2, -0.15) is 0 Å². The van der Waals surface area contributed by atoms with Crippen LogP contribution < -0.4 is 0 Å². The van der Waals surface area contributed by atoms with Crippen molar-refractivity contribution in [3.63, 3.8) is 0 Å². The second kappa shape index (κ2) is 4.08. The van der Waals surface area contributed by atoms with Gasteiger partial charge in [-0.1, -0.05) is 49.9 Å². The third kappa shape index (κ3) is 1.80. The van der Waals surface area contributed by atoms with Gasteiger partial charge in [0.05, 0.1) is 11.7 Å². The van der Waals surface area contributed by atoms with E-state index in [1.807, 2.05) is 6.20 Å². The second-order valence-electron chi connectivity index (χ2n) is 4.37. The van der Waals surface area contributed by atoms with Crippen LogP contribution in [0.3, 0.4) is 0 Å². The maximum atomic E-state index is 4.51. The maximum absolute atomic E-state index is 4.51. The van der Waals surface area contributed by atoms with E-state index in [0.29, 0.717) is 5.25 Å². The van der Waals surface area contributed by atoms with Crippen molar-refractivity contribution in [3.05, 3.63) is 42.7 Å². The van der Waals surface area contributed by atoms with Crippen LogP contribution in [0.4, 0.5) is 0 Å². The lowest BCUT2D eigenvalue weighted by Crippen LogP contribution is -1.92. The van der Waals surface area contributed by atoms with Crippen LogP contribution in [-0.4, -0.2) is 14.6 Å². The van der Waals surface area contributed by atoms with E-state index in [0.717, 1.165) is 5.16 Å². The Morgan fingerprint density at radius 1 is 1.18 bits per heavy atom. The molecule has 0 fully saturated rings. The molecule has 1 aromatic carbocycles. The average molecular weight is 242 g/mol. The zero-order valence-electron chi connectivity index (χ0n) is 9.92. The summed E-state index contributed by atoms with van der Waals surface area (Å²) >= 11 is 1.79. The SMILES string of the molecule is CC(C)Sc1ncc2c3ccccc3ccn12. The third-order valence-corrected chi connectivity index (χ3v) is 3.73. The van der Waals surface area contributed by atoms with Gasteiger partial charge in [-0.25, -0.2) is 4.98 Å². The summed E-state index contributed by atoms with van der Waals surface area (Å²) in [5.41, 5.74) is 1.19. The topological polar surface area (TPSA) is 17.3 Å². The van der Waals surface area contributed by atoms with Crippen molar-refractivity contribution in [3.8, 4) is 0 Å². The van der Waals surface area contributed by atoms with Crippen molar-refractivity contribution in [1.82, 2.24) is 9.38 Å². The Balaban J connectivity index is 2.27. The van der Waals surface area contributed by atoms with Gasteiger partial charge in [-0.3, -0.25) is 4.40 Å². The fraction of sp³-hybridized carbons (Fsp3) is 0.214. The van der Waals surface area contributed by atoms with Gasteiger partial charge in [-0.15, -0.1) is 0 Å². The van der Waals surface area contributed by atoms with Gasteiger partial charge in [-0.05, 0) is 11.5 Å². The van der Waals surface area contributed by atoms with Crippen molar-refractivity contribution in [1.29, 1.82) is 0 Å². The molecule has 0 aliphatic rings. The molecule has 0 saturated heterocycles. The van der Waals surface area contributed by atoms with Crippen LogP contribution in [0.2, 0.25) is 0 Å². The predicted octanol–water partition coefficient (Wildman–Crippen LogP) is 3.99. The van der Waals surface area contributed by atoms with Gasteiger partial charge >= 0.3 is 0 Å². The first-order chi connectivity index (χ1) is 8.25. The highest BCUT2D eigenvalue weighted by molar-refractivity contribution is 7.99. The highest BCUT2D eigenvalue weighted by Crippen LogP contribution is 2.26. The molecule has 0 amide bonds. The molecule has 0 atom stereocenters. The average Bonchev–Trinajstić information content (AvgIpc) is 2.72. The molecular weight excluding hydrogens is 228 g/mol. The first-order valence-electron chi connectivity index (χ1n) is 5.77. The summed E-state index contributed by atoms with van der Waals surface area (Å²) in [5, 5.41) is 4.15. The number of thioether (sulfide) groups is 1. The van der Waals surface area contributed by atoms with Crippen LogP contribution in [0.15, 0.2) is 47.9 Å². The summed E-state index contributed by atoms with van der Waals surface area (Å²) in [6, 6.07) is 10.6. The normalized spacial score (nSPS) is 11.7. The van der Waals surface area contributed by atoms with E-state index >= 15 is 0 Å². The highest BCUT2D eigenvalue weighted by Gasteiger charge is 2.08. The number of aromatic nitrogens is 2. The number of hydrogen-bond acceptors (Lipinski definition) is 2. The third-order valence-electron chi connectivity index (χ3n) is 2.74. The number of fused-ring (bicyclic) bond motifs is 3. The molecule has 0 N–H and O–H groups in total. The lowest BCUT2D eigenvalue weighted by molar-refractivity contribution is 0.949. The Morgan fingerprint density at radius 3 is 2.82 bits per heavy atom. The number of imidazole rings is 1.